The molecule has 2 aromatic carbocycles. The summed E-state index contributed by atoms with van der Waals surface area (Å²) in [5.74, 6) is 0.106. The number of anilines is 2. The first kappa shape index (κ1) is 13.2. The molecule has 0 spiro atoms. The van der Waals surface area contributed by atoms with E-state index in [4.69, 9.17) is 0 Å². The van der Waals surface area contributed by atoms with Gasteiger partial charge in [0, 0.05) is 22.4 Å². The molecule has 3 nitrogen and oxygen atoms in total. The van der Waals surface area contributed by atoms with E-state index in [0.29, 0.717) is 6.54 Å². The molecular weight excluding hydrogens is 316 g/mol. The van der Waals surface area contributed by atoms with Gasteiger partial charge in [-0.2, -0.15) is 0 Å². The van der Waals surface area contributed by atoms with Crippen LogP contribution in [0.1, 0.15) is 5.56 Å². The molecule has 1 amide bonds. The minimum absolute atomic E-state index is 0.106. The molecule has 1 heterocycles. The summed E-state index contributed by atoms with van der Waals surface area (Å²) in [6.45, 7) is 1.09. The van der Waals surface area contributed by atoms with Crippen LogP contribution in [0, 0.1) is 0 Å². The van der Waals surface area contributed by atoms with Crippen molar-refractivity contribution in [2.75, 3.05) is 23.3 Å². The van der Waals surface area contributed by atoms with Crippen LogP contribution < -0.4 is 10.2 Å². The summed E-state index contributed by atoms with van der Waals surface area (Å²) in [4.78, 5) is 14.2. The number of fused-ring (bicyclic) bond motifs is 1. The Morgan fingerprint density at radius 3 is 2.90 bits per heavy atom. The number of carbonyl (C=O) groups excluding carboxylic acids is 1. The van der Waals surface area contributed by atoms with E-state index >= 15 is 0 Å². The van der Waals surface area contributed by atoms with E-state index in [-0.39, 0.29) is 5.91 Å². The van der Waals surface area contributed by atoms with Gasteiger partial charge in [0.25, 0.3) is 0 Å². The number of halogens is 1. The molecule has 3 rings (SSSR count). The van der Waals surface area contributed by atoms with Crippen LogP contribution in [0.15, 0.2) is 53.0 Å². The fourth-order valence-electron chi connectivity index (χ4n) is 2.47. The van der Waals surface area contributed by atoms with Crippen molar-refractivity contribution >= 4 is 33.2 Å². The van der Waals surface area contributed by atoms with Crippen LogP contribution in [0.25, 0.3) is 0 Å². The third-order valence-corrected chi connectivity index (χ3v) is 3.95. The SMILES string of the molecule is O=C(CNc1cccc(Br)c1)N1CCc2ccccc21. The Kier molecular flexibility index (Phi) is 3.74. The summed E-state index contributed by atoms with van der Waals surface area (Å²) in [7, 11) is 0. The molecule has 0 saturated heterocycles. The smallest absolute Gasteiger partial charge is 0.246 e. The van der Waals surface area contributed by atoms with Crippen molar-refractivity contribution in [1.82, 2.24) is 0 Å². The Hall–Kier alpha value is -1.81. The fourth-order valence-corrected chi connectivity index (χ4v) is 2.87. The normalized spacial score (nSPS) is 13.2. The van der Waals surface area contributed by atoms with Gasteiger partial charge < -0.3 is 10.2 Å². The van der Waals surface area contributed by atoms with Gasteiger partial charge in [-0.25, -0.2) is 0 Å². The average Bonchev–Trinajstić information content (AvgIpc) is 2.89. The van der Waals surface area contributed by atoms with E-state index in [1.807, 2.05) is 47.4 Å². The summed E-state index contributed by atoms with van der Waals surface area (Å²) in [5.41, 5.74) is 3.25. The number of para-hydroxylation sites is 1. The van der Waals surface area contributed by atoms with Gasteiger partial charge in [0.15, 0.2) is 0 Å². The predicted molar refractivity (Wildman–Crippen MR) is 85.1 cm³/mol. The highest BCUT2D eigenvalue weighted by atomic mass is 79.9. The number of rotatable bonds is 3. The van der Waals surface area contributed by atoms with Crippen molar-refractivity contribution in [1.29, 1.82) is 0 Å². The monoisotopic (exact) mass is 330 g/mol. The number of nitrogens with zero attached hydrogens (tertiary/aromatic N) is 1. The zero-order chi connectivity index (χ0) is 13.9. The molecule has 0 bridgehead atoms. The molecule has 2 aromatic rings. The van der Waals surface area contributed by atoms with Crippen LogP contribution in [0.5, 0.6) is 0 Å². The van der Waals surface area contributed by atoms with E-state index in [9.17, 15) is 4.79 Å². The lowest BCUT2D eigenvalue weighted by Crippen LogP contribution is -2.34. The number of benzene rings is 2. The Morgan fingerprint density at radius 2 is 2.05 bits per heavy atom. The van der Waals surface area contributed by atoms with Crippen molar-refractivity contribution in [2.24, 2.45) is 0 Å². The molecule has 20 heavy (non-hydrogen) atoms. The summed E-state index contributed by atoms with van der Waals surface area (Å²) < 4.78 is 1.00. The number of carbonyl (C=O) groups is 1. The van der Waals surface area contributed by atoms with Gasteiger partial charge in [-0.15, -0.1) is 0 Å². The molecule has 4 heteroatoms. The topological polar surface area (TPSA) is 32.3 Å². The number of amides is 1. The van der Waals surface area contributed by atoms with E-state index in [2.05, 4.69) is 27.3 Å². The minimum atomic E-state index is 0.106. The van der Waals surface area contributed by atoms with Gasteiger partial charge in [0.1, 0.15) is 0 Å². The second-order valence-corrected chi connectivity index (χ2v) is 5.70. The summed E-state index contributed by atoms with van der Waals surface area (Å²) in [6.07, 6.45) is 0.943. The Morgan fingerprint density at radius 1 is 1.20 bits per heavy atom. The highest BCUT2D eigenvalue weighted by molar-refractivity contribution is 9.10. The number of hydrogen-bond donors (Lipinski definition) is 1. The van der Waals surface area contributed by atoms with Crippen molar-refractivity contribution < 1.29 is 4.79 Å². The number of nitrogens with one attached hydrogen (secondary N) is 1. The van der Waals surface area contributed by atoms with Crippen molar-refractivity contribution in [2.45, 2.75) is 6.42 Å². The third-order valence-electron chi connectivity index (χ3n) is 3.46. The van der Waals surface area contributed by atoms with E-state index in [1.165, 1.54) is 5.56 Å². The molecule has 0 aromatic heterocycles. The van der Waals surface area contributed by atoms with Crippen LogP contribution in [0.3, 0.4) is 0 Å². The minimum Gasteiger partial charge on any atom is -0.376 e. The molecule has 0 fully saturated rings. The molecule has 0 aliphatic carbocycles. The van der Waals surface area contributed by atoms with E-state index in [0.717, 1.165) is 28.8 Å². The predicted octanol–water partition coefficient (Wildman–Crippen LogP) is 3.45. The van der Waals surface area contributed by atoms with Gasteiger partial charge in [0.2, 0.25) is 5.91 Å². The summed E-state index contributed by atoms with van der Waals surface area (Å²) in [5, 5.41) is 3.17. The number of hydrogen-bond acceptors (Lipinski definition) is 2. The lowest BCUT2D eigenvalue weighted by atomic mass is 10.2. The average molecular weight is 331 g/mol. The molecule has 0 atom stereocenters. The van der Waals surface area contributed by atoms with Crippen LogP contribution in [0.4, 0.5) is 11.4 Å². The van der Waals surface area contributed by atoms with Gasteiger partial charge in [-0.1, -0.05) is 40.2 Å². The Balaban J connectivity index is 1.66. The lowest BCUT2D eigenvalue weighted by Gasteiger charge is -2.18. The summed E-state index contributed by atoms with van der Waals surface area (Å²) >= 11 is 3.42. The molecule has 0 unspecified atom stereocenters. The van der Waals surface area contributed by atoms with Crippen LogP contribution in [-0.2, 0) is 11.2 Å². The van der Waals surface area contributed by atoms with Crippen LogP contribution in [-0.4, -0.2) is 19.0 Å². The van der Waals surface area contributed by atoms with Gasteiger partial charge >= 0.3 is 0 Å². The molecule has 102 valence electrons. The summed E-state index contributed by atoms with van der Waals surface area (Å²) in [6, 6.07) is 15.9. The van der Waals surface area contributed by atoms with Gasteiger partial charge in [-0.05, 0) is 36.2 Å². The highest BCUT2D eigenvalue weighted by Gasteiger charge is 2.23. The van der Waals surface area contributed by atoms with Gasteiger partial charge in [-0.3, -0.25) is 4.79 Å². The highest BCUT2D eigenvalue weighted by Crippen LogP contribution is 2.27. The second-order valence-electron chi connectivity index (χ2n) is 4.79. The van der Waals surface area contributed by atoms with E-state index < -0.39 is 0 Å². The zero-order valence-electron chi connectivity index (χ0n) is 11.0. The van der Waals surface area contributed by atoms with Crippen LogP contribution in [0.2, 0.25) is 0 Å². The second kappa shape index (κ2) is 5.67. The van der Waals surface area contributed by atoms with Crippen molar-refractivity contribution in [3.8, 4) is 0 Å². The largest absolute Gasteiger partial charge is 0.376 e. The quantitative estimate of drug-likeness (QED) is 0.934. The van der Waals surface area contributed by atoms with Crippen molar-refractivity contribution in [3.63, 3.8) is 0 Å². The molecule has 1 aliphatic rings. The molecule has 0 radical (unpaired) electrons. The maximum atomic E-state index is 12.3. The van der Waals surface area contributed by atoms with Gasteiger partial charge in [0.05, 0.1) is 6.54 Å². The molecular formula is C16H15BrN2O. The Bertz CT molecular complexity index is 642. The fraction of sp³-hybridized carbons (Fsp3) is 0.188. The Labute approximate surface area is 126 Å². The maximum Gasteiger partial charge on any atom is 0.246 e. The van der Waals surface area contributed by atoms with Crippen molar-refractivity contribution in [3.05, 3.63) is 58.6 Å². The first-order valence-corrected chi connectivity index (χ1v) is 7.41. The first-order valence-electron chi connectivity index (χ1n) is 6.62. The van der Waals surface area contributed by atoms with Crippen LogP contribution >= 0.6 is 15.9 Å². The molecule has 0 saturated carbocycles. The lowest BCUT2D eigenvalue weighted by molar-refractivity contribution is -0.116. The first-order chi connectivity index (χ1) is 9.74. The third kappa shape index (κ3) is 2.70. The molecule has 1 N–H and O–H groups in total. The maximum absolute atomic E-state index is 12.3. The van der Waals surface area contributed by atoms with E-state index in [1.54, 1.807) is 0 Å². The zero-order valence-corrected chi connectivity index (χ0v) is 12.6. The molecule has 1 aliphatic heterocycles. The standard InChI is InChI=1S/C16H15BrN2O/c17-13-5-3-6-14(10-13)18-11-16(20)19-9-8-12-4-1-2-7-15(12)19/h1-7,10,18H,8-9,11H2.